The van der Waals surface area contributed by atoms with E-state index in [9.17, 15) is 14.3 Å². The van der Waals surface area contributed by atoms with Gasteiger partial charge in [-0.15, -0.1) is 0 Å². The molecule has 0 amide bonds. The predicted octanol–water partition coefficient (Wildman–Crippen LogP) is 5.39. The van der Waals surface area contributed by atoms with E-state index in [2.05, 4.69) is 43.9 Å². The highest BCUT2D eigenvalue weighted by Crippen LogP contribution is 2.65. The summed E-state index contributed by atoms with van der Waals surface area (Å²) in [5.74, 6) is 0.773. The minimum absolute atomic E-state index is 0.0273. The number of aryl methyl sites for hydroxylation is 1. The second-order valence-electron chi connectivity index (χ2n) is 12.3. The normalized spacial score (nSPS) is 20.7. The molecule has 234 valence electrons. The number of nitrogens with zero attached hydrogens (tertiary/aromatic N) is 7. The molecule has 5 aromatic rings. The highest BCUT2D eigenvalue weighted by Gasteiger charge is 2.65. The number of imidazole rings is 2. The smallest absolute Gasteiger partial charge is 0.335 e. The summed E-state index contributed by atoms with van der Waals surface area (Å²) in [5.41, 5.74) is 4.45. The average molecular weight is 620 g/mol. The topological polar surface area (TPSA) is 122 Å². The average Bonchev–Trinajstić information content (AvgIpc) is 3.33. The lowest BCUT2D eigenvalue weighted by Gasteiger charge is -2.32. The maximum Gasteiger partial charge on any atom is 0.335 e. The molecule has 2 fully saturated rings. The third-order valence-corrected chi connectivity index (χ3v) is 9.98. The number of carboxylic acid groups (broad SMARTS) is 1. The Kier molecular flexibility index (Phi) is 7.53. The number of hydrogen-bond acceptors (Lipinski definition) is 7. The van der Waals surface area contributed by atoms with Gasteiger partial charge in [-0.3, -0.25) is 4.90 Å². The SMILES string of the molecule is CCn1cncc1Cn1c(CN2CC[C@]3(c4cccnc4OCc4ccc(C#N)cc4F)C(C)C3C2)nc2ccc(C(=O)O)cc21. The summed E-state index contributed by atoms with van der Waals surface area (Å²) >= 11 is 0. The van der Waals surface area contributed by atoms with E-state index in [-0.39, 0.29) is 23.1 Å². The molecule has 10 nitrogen and oxygen atoms in total. The first-order valence-electron chi connectivity index (χ1n) is 15.5. The highest BCUT2D eigenvalue weighted by molar-refractivity contribution is 5.92. The summed E-state index contributed by atoms with van der Waals surface area (Å²) in [6, 6.07) is 15.5. The van der Waals surface area contributed by atoms with Gasteiger partial charge < -0.3 is 19.0 Å². The summed E-state index contributed by atoms with van der Waals surface area (Å²) < 4.78 is 24.9. The Hall–Kier alpha value is -5.08. The van der Waals surface area contributed by atoms with Crippen molar-refractivity contribution < 1.29 is 19.0 Å². The van der Waals surface area contributed by atoms with Crippen LogP contribution in [0.25, 0.3) is 11.0 Å². The van der Waals surface area contributed by atoms with E-state index >= 15 is 0 Å². The van der Waals surface area contributed by atoms with Crippen molar-refractivity contribution in [1.82, 2.24) is 29.0 Å². The van der Waals surface area contributed by atoms with Gasteiger partial charge in [-0.05, 0) is 68.1 Å². The number of pyridine rings is 1. The van der Waals surface area contributed by atoms with Gasteiger partial charge in [0.25, 0.3) is 0 Å². The van der Waals surface area contributed by atoms with Gasteiger partial charge in [0.15, 0.2) is 0 Å². The molecule has 1 saturated heterocycles. The van der Waals surface area contributed by atoms with Crippen LogP contribution in [0.4, 0.5) is 4.39 Å². The van der Waals surface area contributed by atoms with E-state index in [1.165, 1.54) is 6.07 Å². The summed E-state index contributed by atoms with van der Waals surface area (Å²) in [4.78, 5) is 28.1. The summed E-state index contributed by atoms with van der Waals surface area (Å²) in [6.07, 6.45) is 6.28. The predicted molar refractivity (Wildman–Crippen MR) is 168 cm³/mol. The van der Waals surface area contributed by atoms with Gasteiger partial charge >= 0.3 is 5.97 Å². The van der Waals surface area contributed by atoms with Crippen molar-refractivity contribution in [3.05, 3.63) is 107 Å². The number of halogens is 1. The van der Waals surface area contributed by atoms with Gasteiger partial charge in [-0.2, -0.15) is 5.26 Å². The Morgan fingerprint density at radius 1 is 1.22 bits per heavy atom. The Labute approximate surface area is 265 Å². The van der Waals surface area contributed by atoms with Crippen LogP contribution in [0, 0.1) is 29.0 Å². The number of carbonyl (C=O) groups is 1. The van der Waals surface area contributed by atoms with Crippen molar-refractivity contribution in [2.45, 2.75) is 51.9 Å². The van der Waals surface area contributed by atoms with Crippen LogP contribution in [-0.2, 0) is 31.7 Å². The molecule has 1 aliphatic carbocycles. The second-order valence-corrected chi connectivity index (χ2v) is 12.3. The van der Waals surface area contributed by atoms with Gasteiger partial charge in [0.1, 0.15) is 18.2 Å². The van der Waals surface area contributed by atoms with Crippen LogP contribution in [0.2, 0.25) is 0 Å². The van der Waals surface area contributed by atoms with Gasteiger partial charge in [0.05, 0.1) is 53.3 Å². The first-order chi connectivity index (χ1) is 22.3. The summed E-state index contributed by atoms with van der Waals surface area (Å²) in [7, 11) is 0. The number of fused-ring (bicyclic) bond motifs is 2. The van der Waals surface area contributed by atoms with Crippen molar-refractivity contribution in [2.24, 2.45) is 11.8 Å². The van der Waals surface area contributed by atoms with Gasteiger partial charge in [-0.1, -0.05) is 19.1 Å². The number of hydrogen-bond donors (Lipinski definition) is 1. The first-order valence-corrected chi connectivity index (χ1v) is 15.5. The highest BCUT2D eigenvalue weighted by atomic mass is 19.1. The molecule has 0 spiro atoms. The van der Waals surface area contributed by atoms with E-state index in [0.717, 1.165) is 54.2 Å². The fourth-order valence-corrected chi connectivity index (χ4v) is 7.37. The number of aromatic nitrogens is 5. The molecule has 1 N–H and O–H groups in total. The number of rotatable bonds is 10. The molecule has 3 aromatic heterocycles. The van der Waals surface area contributed by atoms with Gasteiger partial charge in [0.2, 0.25) is 5.88 Å². The molecule has 1 saturated carbocycles. The van der Waals surface area contributed by atoms with Crippen LogP contribution in [0.5, 0.6) is 5.88 Å². The Bertz CT molecular complexity index is 2000. The van der Waals surface area contributed by atoms with E-state index < -0.39 is 11.8 Å². The zero-order chi connectivity index (χ0) is 32.0. The molecular formula is C35H34FN7O3. The van der Waals surface area contributed by atoms with Crippen LogP contribution in [0.3, 0.4) is 0 Å². The fraction of sp³-hybridized carbons (Fsp3) is 0.343. The lowest BCUT2D eigenvalue weighted by molar-refractivity contribution is 0.0697. The molecule has 46 heavy (non-hydrogen) atoms. The Balaban J connectivity index is 1.12. The zero-order valence-corrected chi connectivity index (χ0v) is 25.7. The van der Waals surface area contributed by atoms with Gasteiger partial charge in [-0.25, -0.2) is 24.1 Å². The molecule has 2 aromatic carbocycles. The number of carboxylic acids is 1. The van der Waals surface area contributed by atoms with Crippen molar-refractivity contribution in [1.29, 1.82) is 5.26 Å². The zero-order valence-electron chi connectivity index (χ0n) is 25.7. The molecule has 11 heteroatoms. The third kappa shape index (κ3) is 5.08. The quantitative estimate of drug-likeness (QED) is 0.221. The number of nitriles is 1. The van der Waals surface area contributed by atoms with E-state index in [1.54, 1.807) is 36.5 Å². The van der Waals surface area contributed by atoms with Crippen molar-refractivity contribution in [3.63, 3.8) is 0 Å². The van der Waals surface area contributed by atoms with Crippen LogP contribution in [0.15, 0.2) is 67.3 Å². The summed E-state index contributed by atoms with van der Waals surface area (Å²) in [5, 5.41) is 18.7. The minimum Gasteiger partial charge on any atom is -0.478 e. The van der Waals surface area contributed by atoms with E-state index in [4.69, 9.17) is 15.0 Å². The standard InChI is InChI=1S/C35H34FN7O3/c1-3-42-21-38-16-26(42)17-43-31-14-24(34(44)45)8-9-30(31)40-32(43)19-41-12-10-35(22(2)28(35)18-41)27-5-4-11-39-33(27)46-20-25-7-6-23(15-37)13-29(25)36/h4-9,11,13-14,16,21-22,28H,3,10,12,17-20H2,1-2H3,(H,44,45)/t22?,28?,35-/m1/s1. The van der Waals surface area contributed by atoms with Crippen LogP contribution in [-0.4, -0.2) is 53.2 Å². The van der Waals surface area contributed by atoms with Gasteiger partial charge in [0, 0.05) is 42.0 Å². The molecule has 0 radical (unpaired) electrons. The Morgan fingerprint density at radius 2 is 2.09 bits per heavy atom. The number of piperidine rings is 1. The van der Waals surface area contributed by atoms with Crippen molar-refractivity contribution in [3.8, 4) is 11.9 Å². The monoisotopic (exact) mass is 619 g/mol. The largest absolute Gasteiger partial charge is 0.478 e. The second kappa shape index (κ2) is 11.7. The lowest BCUT2D eigenvalue weighted by Crippen LogP contribution is -2.37. The number of ether oxygens (including phenoxy) is 1. The molecule has 0 bridgehead atoms. The minimum atomic E-state index is -0.967. The van der Waals surface area contributed by atoms with Crippen LogP contribution < -0.4 is 4.74 Å². The molecule has 1 aliphatic heterocycles. The lowest BCUT2D eigenvalue weighted by atomic mass is 9.86. The third-order valence-electron chi connectivity index (χ3n) is 9.98. The van der Waals surface area contributed by atoms with E-state index in [1.807, 2.05) is 24.7 Å². The summed E-state index contributed by atoms with van der Waals surface area (Å²) in [6.45, 7) is 8.04. The molecule has 2 unspecified atom stereocenters. The van der Waals surface area contributed by atoms with Crippen molar-refractivity contribution >= 4 is 17.0 Å². The van der Waals surface area contributed by atoms with E-state index in [0.29, 0.717) is 36.4 Å². The maximum absolute atomic E-state index is 14.6. The van der Waals surface area contributed by atoms with Crippen LogP contribution in [0.1, 0.15) is 58.8 Å². The number of benzene rings is 2. The molecule has 4 heterocycles. The molecular weight excluding hydrogens is 585 g/mol. The fourth-order valence-electron chi connectivity index (χ4n) is 7.37. The number of aromatic carboxylic acids is 1. The number of likely N-dealkylation sites (tertiary alicyclic amines) is 1. The molecule has 7 rings (SSSR count). The first kappa shape index (κ1) is 29.6. The molecule has 2 aliphatic rings. The van der Waals surface area contributed by atoms with Crippen molar-refractivity contribution in [2.75, 3.05) is 13.1 Å². The molecule has 3 atom stereocenters. The Morgan fingerprint density at radius 3 is 2.85 bits per heavy atom. The maximum atomic E-state index is 14.6. The van der Waals surface area contributed by atoms with Crippen LogP contribution >= 0.6 is 0 Å².